The summed E-state index contributed by atoms with van der Waals surface area (Å²) in [5.74, 6) is 0.0149. The topological polar surface area (TPSA) is 93.2 Å². The van der Waals surface area contributed by atoms with Crippen molar-refractivity contribution < 1.29 is 14.3 Å². The maximum Gasteiger partial charge on any atom is 0.321 e. The van der Waals surface area contributed by atoms with E-state index in [1.165, 1.54) is 18.6 Å². The van der Waals surface area contributed by atoms with Gasteiger partial charge in [0.1, 0.15) is 11.4 Å². The molecule has 7 nitrogen and oxygen atoms in total. The molecular formula is C12H12N4O3S. The van der Waals surface area contributed by atoms with E-state index >= 15 is 0 Å². The molecular weight excluding hydrogens is 280 g/mol. The summed E-state index contributed by atoms with van der Waals surface area (Å²) in [4.78, 5) is 22.2. The third kappa shape index (κ3) is 3.75. The molecule has 0 radical (unpaired) electrons. The minimum Gasteiger partial charge on any atom is -0.484 e. The summed E-state index contributed by atoms with van der Waals surface area (Å²) >= 11 is 1.28. The van der Waals surface area contributed by atoms with Gasteiger partial charge in [-0.3, -0.25) is 10.1 Å². The van der Waals surface area contributed by atoms with Gasteiger partial charge in [0, 0.05) is 18.0 Å². The Morgan fingerprint density at radius 2 is 2.05 bits per heavy atom. The molecule has 2 rings (SSSR count). The first-order valence-electron chi connectivity index (χ1n) is 5.71. The van der Waals surface area contributed by atoms with Gasteiger partial charge in [-0.05, 0) is 35.8 Å². The van der Waals surface area contributed by atoms with Crippen LogP contribution in [0.25, 0.3) is 11.3 Å². The van der Waals surface area contributed by atoms with Crippen molar-refractivity contribution in [3.8, 4) is 17.0 Å². The van der Waals surface area contributed by atoms with Crippen molar-refractivity contribution in [3.05, 3.63) is 29.6 Å². The van der Waals surface area contributed by atoms with Crippen molar-refractivity contribution in [2.24, 2.45) is 0 Å². The Kier molecular flexibility index (Phi) is 4.61. The zero-order valence-electron chi connectivity index (χ0n) is 10.6. The average molecular weight is 292 g/mol. The number of nitrogens with one attached hydrogen (secondary N) is 2. The molecule has 0 aliphatic carbocycles. The number of hydrogen-bond acceptors (Lipinski definition) is 6. The smallest absolute Gasteiger partial charge is 0.321 e. The van der Waals surface area contributed by atoms with Crippen LogP contribution in [-0.4, -0.2) is 35.2 Å². The van der Waals surface area contributed by atoms with Gasteiger partial charge in [-0.15, -0.1) is 5.10 Å². The number of ether oxygens (including phenoxy) is 1. The summed E-state index contributed by atoms with van der Waals surface area (Å²) in [5, 5.41) is 10.2. The molecule has 2 N–H and O–H groups in total. The molecule has 1 heterocycles. The van der Waals surface area contributed by atoms with E-state index in [0.717, 1.165) is 11.3 Å². The number of hydrogen-bond donors (Lipinski definition) is 2. The van der Waals surface area contributed by atoms with Crippen LogP contribution in [0.2, 0.25) is 0 Å². The fraction of sp³-hybridized carbons (Fsp3) is 0.167. The van der Waals surface area contributed by atoms with Gasteiger partial charge in [0.25, 0.3) is 5.91 Å². The van der Waals surface area contributed by atoms with Crippen LogP contribution in [0.3, 0.4) is 0 Å². The van der Waals surface area contributed by atoms with Crippen LogP contribution in [-0.2, 0) is 4.79 Å². The number of amides is 3. The van der Waals surface area contributed by atoms with Crippen LogP contribution in [0.5, 0.6) is 5.75 Å². The second-order valence-corrected chi connectivity index (χ2v) is 4.34. The van der Waals surface area contributed by atoms with Gasteiger partial charge in [0.2, 0.25) is 0 Å². The third-order valence-corrected chi connectivity index (χ3v) is 2.86. The zero-order valence-corrected chi connectivity index (χ0v) is 11.4. The highest BCUT2D eigenvalue weighted by Crippen LogP contribution is 2.21. The second kappa shape index (κ2) is 6.62. The number of carbonyl (C=O) groups excluding carboxylic acids is 2. The molecule has 3 amide bonds. The van der Waals surface area contributed by atoms with Gasteiger partial charge >= 0.3 is 6.03 Å². The number of imide groups is 1. The predicted octanol–water partition coefficient (Wildman–Crippen LogP) is 1.04. The SMILES string of the molecule is CNC(=O)NC(=O)COc1ccc(-c2csnn2)cc1. The predicted molar refractivity (Wildman–Crippen MR) is 73.4 cm³/mol. The molecule has 104 valence electrons. The van der Waals surface area contributed by atoms with Crippen LogP contribution in [0.4, 0.5) is 4.79 Å². The van der Waals surface area contributed by atoms with E-state index in [-0.39, 0.29) is 6.61 Å². The molecule has 20 heavy (non-hydrogen) atoms. The van der Waals surface area contributed by atoms with Crippen molar-refractivity contribution in [1.29, 1.82) is 0 Å². The van der Waals surface area contributed by atoms with Crippen LogP contribution in [0, 0.1) is 0 Å². The lowest BCUT2D eigenvalue weighted by Crippen LogP contribution is -2.39. The van der Waals surface area contributed by atoms with Gasteiger partial charge in [-0.2, -0.15) is 0 Å². The lowest BCUT2D eigenvalue weighted by molar-refractivity contribution is -0.122. The fourth-order valence-corrected chi connectivity index (χ4v) is 1.85. The van der Waals surface area contributed by atoms with Crippen LogP contribution >= 0.6 is 11.5 Å². The number of carbonyl (C=O) groups is 2. The van der Waals surface area contributed by atoms with Crippen molar-refractivity contribution in [2.75, 3.05) is 13.7 Å². The van der Waals surface area contributed by atoms with E-state index in [9.17, 15) is 9.59 Å². The van der Waals surface area contributed by atoms with E-state index in [0.29, 0.717) is 5.75 Å². The van der Waals surface area contributed by atoms with E-state index in [4.69, 9.17) is 4.74 Å². The van der Waals surface area contributed by atoms with Crippen molar-refractivity contribution >= 4 is 23.5 Å². The zero-order chi connectivity index (χ0) is 14.4. The number of aromatic nitrogens is 2. The lowest BCUT2D eigenvalue weighted by Gasteiger charge is -2.06. The van der Waals surface area contributed by atoms with Crippen molar-refractivity contribution in [3.63, 3.8) is 0 Å². The molecule has 0 spiro atoms. The Bertz CT molecular complexity index is 583. The van der Waals surface area contributed by atoms with E-state index in [1.54, 1.807) is 12.1 Å². The van der Waals surface area contributed by atoms with Crippen LogP contribution in [0.15, 0.2) is 29.6 Å². The van der Waals surface area contributed by atoms with Crippen molar-refractivity contribution in [1.82, 2.24) is 20.2 Å². The van der Waals surface area contributed by atoms with Gasteiger partial charge in [-0.1, -0.05) is 4.49 Å². The van der Waals surface area contributed by atoms with Gasteiger partial charge in [0.05, 0.1) is 0 Å². The molecule has 8 heteroatoms. The second-order valence-electron chi connectivity index (χ2n) is 3.73. The number of benzene rings is 1. The Balaban J connectivity index is 1.88. The fourth-order valence-electron chi connectivity index (χ4n) is 1.39. The summed E-state index contributed by atoms with van der Waals surface area (Å²) in [6, 6.07) is 6.53. The molecule has 0 saturated heterocycles. The van der Waals surface area contributed by atoms with Crippen LogP contribution < -0.4 is 15.4 Å². The molecule has 0 saturated carbocycles. The highest BCUT2D eigenvalue weighted by atomic mass is 32.1. The summed E-state index contributed by atoms with van der Waals surface area (Å²) in [7, 11) is 1.43. The maximum absolute atomic E-state index is 11.3. The number of nitrogens with zero attached hydrogens (tertiary/aromatic N) is 2. The van der Waals surface area contributed by atoms with Gasteiger partial charge in [0.15, 0.2) is 6.61 Å². The minimum atomic E-state index is -0.565. The number of rotatable bonds is 4. The number of urea groups is 1. The molecule has 1 aromatic carbocycles. The van der Waals surface area contributed by atoms with Crippen LogP contribution in [0.1, 0.15) is 0 Å². The van der Waals surface area contributed by atoms with E-state index in [1.807, 2.05) is 17.5 Å². The Labute approximate surface area is 119 Å². The Morgan fingerprint density at radius 1 is 1.30 bits per heavy atom. The standard InChI is InChI=1S/C12H12N4O3S/c1-13-12(18)14-11(17)6-19-9-4-2-8(3-5-9)10-7-20-16-15-10/h2-5,7H,6H2,1H3,(H2,13,14,17,18). The molecule has 1 aromatic heterocycles. The largest absolute Gasteiger partial charge is 0.484 e. The third-order valence-electron chi connectivity index (χ3n) is 2.36. The molecule has 0 aliphatic rings. The summed E-state index contributed by atoms with van der Waals surface area (Å²) < 4.78 is 9.05. The molecule has 0 unspecified atom stereocenters. The average Bonchev–Trinajstić information content (AvgIpc) is 2.99. The molecule has 0 aliphatic heterocycles. The summed E-state index contributed by atoms with van der Waals surface area (Å²) in [6.45, 7) is -0.231. The van der Waals surface area contributed by atoms with Gasteiger partial charge in [-0.25, -0.2) is 4.79 Å². The monoisotopic (exact) mass is 292 g/mol. The first-order valence-corrected chi connectivity index (χ1v) is 6.54. The molecule has 2 aromatic rings. The normalized spacial score (nSPS) is 9.85. The highest BCUT2D eigenvalue weighted by Gasteiger charge is 2.07. The Morgan fingerprint density at radius 3 is 2.65 bits per heavy atom. The first kappa shape index (κ1) is 13.9. The van der Waals surface area contributed by atoms with E-state index in [2.05, 4.69) is 20.2 Å². The highest BCUT2D eigenvalue weighted by molar-refractivity contribution is 7.03. The molecule has 0 fully saturated rings. The van der Waals surface area contributed by atoms with Gasteiger partial charge < -0.3 is 10.1 Å². The van der Waals surface area contributed by atoms with E-state index < -0.39 is 11.9 Å². The quantitative estimate of drug-likeness (QED) is 0.878. The first-order chi connectivity index (χ1) is 9.69. The van der Waals surface area contributed by atoms with Crippen molar-refractivity contribution in [2.45, 2.75) is 0 Å². The molecule has 0 bridgehead atoms. The summed E-state index contributed by atoms with van der Waals surface area (Å²) in [6.07, 6.45) is 0. The maximum atomic E-state index is 11.3. The minimum absolute atomic E-state index is 0.231. The lowest BCUT2D eigenvalue weighted by atomic mass is 10.2. The summed E-state index contributed by atoms with van der Waals surface area (Å²) in [5.41, 5.74) is 1.71. The Hall–Kier alpha value is -2.48. The molecule has 0 atom stereocenters.